The molecule has 1 heterocycles. The number of nitrogens with one attached hydrogen (secondary N) is 1. The minimum absolute atomic E-state index is 0. The van der Waals surface area contributed by atoms with Gasteiger partial charge >= 0.3 is 0 Å². The molecule has 1 aliphatic heterocycles. The molecule has 2 rings (SSSR count). The number of piperidine rings is 1. The molecule has 0 aromatic heterocycles. The van der Waals surface area contributed by atoms with Crippen LogP contribution in [-0.4, -0.2) is 39.0 Å². The highest BCUT2D eigenvalue weighted by Crippen LogP contribution is 2.18. The summed E-state index contributed by atoms with van der Waals surface area (Å²) < 4.78 is 27.3. The number of hydrogen-bond acceptors (Lipinski definition) is 3. The Morgan fingerprint density at radius 2 is 2.00 bits per heavy atom. The Labute approximate surface area is 138 Å². The van der Waals surface area contributed by atoms with Crippen LogP contribution in [0.4, 0.5) is 0 Å². The van der Waals surface area contributed by atoms with Crippen molar-refractivity contribution >= 4 is 34.0 Å². The van der Waals surface area contributed by atoms with Crippen molar-refractivity contribution in [2.45, 2.75) is 37.1 Å². The quantitative estimate of drug-likeness (QED) is 0.886. The molecule has 4 nitrogen and oxygen atoms in total. The Morgan fingerprint density at radius 1 is 1.33 bits per heavy atom. The lowest BCUT2D eigenvalue weighted by Gasteiger charge is -2.31. The third kappa shape index (κ3) is 5.42. The summed E-state index contributed by atoms with van der Waals surface area (Å²) in [6, 6.07) is 6.40. The van der Waals surface area contributed by atoms with Gasteiger partial charge in [0.05, 0.1) is 4.90 Å². The van der Waals surface area contributed by atoms with E-state index in [2.05, 4.69) is 16.5 Å². The van der Waals surface area contributed by atoms with Crippen LogP contribution in [0.3, 0.4) is 0 Å². The summed E-state index contributed by atoms with van der Waals surface area (Å²) in [7, 11) is -3.47. The molecule has 1 aromatic rings. The van der Waals surface area contributed by atoms with E-state index in [0.717, 1.165) is 38.9 Å². The van der Waals surface area contributed by atoms with E-state index in [0.29, 0.717) is 5.02 Å². The van der Waals surface area contributed by atoms with Gasteiger partial charge in [0.25, 0.3) is 0 Å². The van der Waals surface area contributed by atoms with E-state index in [4.69, 9.17) is 11.6 Å². The van der Waals surface area contributed by atoms with Gasteiger partial charge in [0.1, 0.15) is 0 Å². The molecule has 0 bridgehead atoms. The third-order valence-corrected chi connectivity index (χ3v) is 5.31. The molecule has 0 atom stereocenters. The van der Waals surface area contributed by atoms with E-state index in [1.807, 2.05) is 0 Å². The zero-order chi connectivity index (χ0) is 14.6. The van der Waals surface area contributed by atoms with Gasteiger partial charge in [0.2, 0.25) is 10.0 Å². The standard InChI is InChI=1S/C14H21ClN2O2S.ClH/c1-2-8-17-9-6-13(7-10-17)16-20(18,19)14-5-3-4-12(15)11-14;/h3-5,11,13,16H,2,6-10H2,1H3;1H. The lowest BCUT2D eigenvalue weighted by Crippen LogP contribution is -2.44. The Kier molecular flexibility index (Phi) is 7.44. The summed E-state index contributed by atoms with van der Waals surface area (Å²) in [4.78, 5) is 2.62. The Hall–Kier alpha value is -0.330. The number of sulfonamides is 1. The summed E-state index contributed by atoms with van der Waals surface area (Å²) in [5.74, 6) is 0. The average molecular weight is 353 g/mol. The molecule has 120 valence electrons. The highest BCUT2D eigenvalue weighted by atomic mass is 35.5. The minimum Gasteiger partial charge on any atom is -0.303 e. The summed E-state index contributed by atoms with van der Waals surface area (Å²) in [5.41, 5.74) is 0. The zero-order valence-electron chi connectivity index (χ0n) is 12.1. The van der Waals surface area contributed by atoms with Crippen LogP contribution in [0.1, 0.15) is 26.2 Å². The molecule has 0 unspecified atom stereocenters. The molecule has 0 amide bonds. The Balaban J connectivity index is 0.00000220. The summed E-state index contributed by atoms with van der Waals surface area (Å²) in [6.45, 7) is 5.16. The minimum atomic E-state index is -3.47. The summed E-state index contributed by atoms with van der Waals surface area (Å²) in [5, 5.41) is 0.436. The predicted octanol–water partition coefficient (Wildman–Crippen LogP) is 2.91. The molecular weight excluding hydrogens is 331 g/mol. The van der Waals surface area contributed by atoms with Crippen molar-refractivity contribution in [3.8, 4) is 0 Å². The molecule has 1 aromatic carbocycles. The van der Waals surface area contributed by atoms with Gasteiger partial charge in [-0.05, 0) is 57.1 Å². The lowest BCUT2D eigenvalue weighted by atomic mass is 10.1. The smallest absolute Gasteiger partial charge is 0.240 e. The number of hydrogen-bond donors (Lipinski definition) is 1. The fraction of sp³-hybridized carbons (Fsp3) is 0.571. The van der Waals surface area contributed by atoms with Gasteiger partial charge in [-0.1, -0.05) is 24.6 Å². The number of halogens is 2. The second-order valence-corrected chi connectivity index (χ2v) is 7.34. The van der Waals surface area contributed by atoms with Gasteiger partial charge in [-0.2, -0.15) is 0 Å². The van der Waals surface area contributed by atoms with Crippen LogP contribution in [0.2, 0.25) is 5.02 Å². The Bertz CT molecular complexity index is 544. The van der Waals surface area contributed by atoms with E-state index >= 15 is 0 Å². The number of nitrogens with zero attached hydrogens (tertiary/aromatic N) is 1. The van der Waals surface area contributed by atoms with Gasteiger partial charge in [0, 0.05) is 11.1 Å². The molecule has 1 fully saturated rings. The molecule has 7 heteroatoms. The maximum absolute atomic E-state index is 12.3. The largest absolute Gasteiger partial charge is 0.303 e. The summed E-state index contributed by atoms with van der Waals surface area (Å²) >= 11 is 5.85. The van der Waals surface area contributed by atoms with Gasteiger partial charge in [0.15, 0.2) is 0 Å². The van der Waals surface area contributed by atoms with E-state index in [9.17, 15) is 8.42 Å². The SMILES string of the molecule is CCCN1CCC(NS(=O)(=O)c2cccc(Cl)c2)CC1.Cl. The van der Waals surface area contributed by atoms with Gasteiger partial charge in [-0.15, -0.1) is 12.4 Å². The Morgan fingerprint density at radius 3 is 2.57 bits per heavy atom. The first-order chi connectivity index (χ1) is 9.51. The van der Waals surface area contributed by atoms with Crippen LogP contribution in [0.15, 0.2) is 29.2 Å². The molecular formula is C14H22Cl2N2O2S. The summed E-state index contributed by atoms with van der Waals surface area (Å²) in [6.07, 6.45) is 2.86. The highest BCUT2D eigenvalue weighted by Gasteiger charge is 2.24. The maximum Gasteiger partial charge on any atom is 0.240 e. The molecule has 1 aliphatic rings. The molecule has 0 spiro atoms. The van der Waals surface area contributed by atoms with E-state index < -0.39 is 10.0 Å². The third-order valence-electron chi connectivity index (χ3n) is 3.56. The number of likely N-dealkylation sites (tertiary alicyclic amines) is 1. The number of benzene rings is 1. The van der Waals surface area contributed by atoms with Crippen molar-refractivity contribution in [1.82, 2.24) is 9.62 Å². The van der Waals surface area contributed by atoms with Crippen LogP contribution in [0, 0.1) is 0 Å². The predicted molar refractivity (Wildman–Crippen MR) is 88.8 cm³/mol. The lowest BCUT2D eigenvalue weighted by molar-refractivity contribution is 0.208. The first-order valence-corrected chi connectivity index (χ1v) is 8.87. The molecule has 1 N–H and O–H groups in total. The molecule has 21 heavy (non-hydrogen) atoms. The normalized spacial score (nSPS) is 17.4. The molecule has 0 radical (unpaired) electrons. The van der Waals surface area contributed by atoms with Crippen molar-refractivity contribution in [1.29, 1.82) is 0 Å². The van der Waals surface area contributed by atoms with E-state index in [-0.39, 0.29) is 23.3 Å². The van der Waals surface area contributed by atoms with Crippen molar-refractivity contribution in [2.75, 3.05) is 19.6 Å². The second-order valence-electron chi connectivity index (χ2n) is 5.19. The second kappa shape index (κ2) is 8.34. The van der Waals surface area contributed by atoms with Crippen LogP contribution in [0.25, 0.3) is 0 Å². The van der Waals surface area contributed by atoms with Crippen LogP contribution in [0.5, 0.6) is 0 Å². The van der Waals surface area contributed by atoms with Crippen LogP contribution in [-0.2, 0) is 10.0 Å². The molecule has 0 aliphatic carbocycles. The van der Waals surface area contributed by atoms with Gasteiger partial charge < -0.3 is 4.90 Å². The van der Waals surface area contributed by atoms with Crippen LogP contribution >= 0.6 is 24.0 Å². The zero-order valence-corrected chi connectivity index (χ0v) is 14.5. The van der Waals surface area contributed by atoms with E-state index in [1.165, 1.54) is 6.07 Å². The maximum atomic E-state index is 12.3. The molecule has 0 saturated carbocycles. The van der Waals surface area contributed by atoms with Crippen molar-refractivity contribution < 1.29 is 8.42 Å². The first-order valence-electron chi connectivity index (χ1n) is 7.01. The topological polar surface area (TPSA) is 49.4 Å². The monoisotopic (exact) mass is 352 g/mol. The fourth-order valence-electron chi connectivity index (χ4n) is 2.51. The fourth-order valence-corrected chi connectivity index (χ4v) is 4.12. The first kappa shape index (κ1) is 18.7. The van der Waals surface area contributed by atoms with Crippen molar-refractivity contribution in [3.05, 3.63) is 29.3 Å². The average Bonchev–Trinajstić information content (AvgIpc) is 2.41. The van der Waals surface area contributed by atoms with Crippen molar-refractivity contribution in [2.24, 2.45) is 0 Å². The number of rotatable bonds is 5. The van der Waals surface area contributed by atoms with Crippen molar-refractivity contribution in [3.63, 3.8) is 0 Å². The van der Waals surface area contributed by atoms with Gasteiger partial charge in [-0.25, -0.2) is 13.1 Å². The van der Waals surface area contributed by atoms with E-state index in [1.54, 1.807) is 18.2 Å². The van der Waals surface area contributed by atoms with Crippen LogP contribution < -0.4 is 4.72 Å². The highest BCUT2D eigenvalue weighted by molar-refractivity contribution is 7.89. The molecule has 1 saturated heterocycles. The van der Waals surface area contributed by atoms with Gasteiger partial charge in [-0.3, -0.25) is 0 Å².